The van der Waals surface area contributed by atoms with Gasteiger partial charge in [0, 0.05) is 13.1 Å². The van der Waals surface area contributed by atoms with Crippen LogP contribution in [0.15, 0.2) is 11.6 Å². The summed E-state index contributed by atoms with van der Waals surface area (Å²) in [4.78, 5) is 2.30. The van der Waals surface area contributed by atoms with E-state index in [4.69, 9.17) is 10.5 Å². The zero-order valence-corrected chi connectivity index (χ0v) is 9.61. The lowest BCUT2D eigenvalue weighted by Crippen LogP contribution is -2.50. The van der Waals surface area contributed by atoms with Crippen molar-refractivity contribution in [3.8, 4) is 0 Å². The monoisotopic (exact) mass is 210 g/mol. The SMILES string of the molecule is CN1CCOC(C(N)C2=CCCCC2)C1. The van der Waals surface area contributed by atoms with Gasteiger partial charge in [0.15, 0.2) is 0 Å². The molecule has 1 heterocycles. The average molecular weight is 210 g/mol. The molecule has 0 radical (unpaired) electrons. The number of ether oxygens (including phenoxy) is 1. The molecule has 0 aromatic heterocycles. The third-order valence-electron chi connectivity index (χ3n) is 3.45. The van der Waals surface area contributed by atoms with Crippen LogP contribution in [0.5, 0.6) is 0 Å². The van der Waals surface area contributed by atoms with E-state index in [9.17, 15) is 0 Å². The summed E-state index contributed by atoms with van der Waals surface area (Å²) in [6.07, 6.45) is 7.51. The molecule has 2 rings (SSSR count). The molecule has 0 saturated carbocycles. The van der Waals surface area contributed by atoms with E-state index in [2.05, 4.69) is 18.0 Å². The lowest BCUT2D eigenvalue weighted by molar-refractivity contribution is -0.0270. The van der Waals surface area contributed by atoms with E-state index in [1.807, 2.05) is 0 Å². The van der Waals surface area contributed by atoms with Gasteiger partial charge in [0.1, 0.15) is 0 Å². The van der Waals surface area contributed by atoms with Crippen LogP contribution in [-0.4, -0.2) is 43.8 Å². The van der Waals surface area contributed by atoms with E-state index < -0.39 is 0 Å². The van der Waals surface area contributed by atoms with Gasteiger partial charge < -0.3 is 15.4 Å². The third kappa shape index (κ3) is 2.80. The minimum absolute atomic E-state index is 0.119. The molecule has 1 saturated heterocycles. The molecule has 0 bridgehead atoms. The Labute approximate surface area is 92.3 Å². The molecule has 0 spiro atoms. The number of hydrogen-bond acceptors (Lipinski definition) is 3. The van der Waals surface area contributed by atoms with Crippen LogP contribution in [0.25, 0.3) is 0 Å². The van der Waals surface area contributed by atoms with Gasteiger partial charge in [0.05, 0.1) is 18.8 Å². The maximum atomic E-state index is 6.27. The van der Waals surface area contributed by atoms with E-state index in [0.717, 1.165) is 19.7 Å². The van der Waals surface area contributed by atoms with Gasteiger partial charge in [-0.05, 0) is 32.7 Å². The van der Waals surface area contributed by atoms with Crippen LogP contribution in [0.3, 0.4) is 0 Å². The Balaban J connectivity index is 1.93. The smallest absolute Gasteiger partial charge is 0.0891 e. The molecule has 1 aliphatic carbocycles. The molecule has 1 fully saturated rings. The average Bonchev–Trinajstić information content (AvgIpc) is 2.29. The first-order valence-electron chi connectivity index (χ1n) is 6.02. The van der Waals surface area contributed by atoms with Crippen LogP contribution in [0.4, 0.5) is 0 Å². The zero-order valence-electron chi connectivity index (χ0n) is 9.61. The number of likely N-dealkylation sites (N-methyl/N-ethyl adjacent to an activating group) is 1. The Morgan fingerprint density at radius 1 is 1.53 bits per heavy atom. The summed E-state index contributed by atoms with van der Waals surface area (Å²) in [6, 6.07) is 0.119. The molecule has 0 aromatic carbocycles. The molecule has 2 atom stereocenters. The van der Waals surface area contributed by atoms with Crippen molar-refractivity contribution in [3.63, 3.8) is 0 Å². The van der Waals surface area contributed by atoms with E-state index in [1.54, 1.807) is 0 Å². The first-order valence-corrected chi connectivity index (χ1v) is 6.02. The highest BCUT2D eigenvalue weighted by molar-refractivity contribution is 5.15. The number of nitrogens with two attached hydrogens (primary N) is 1. The second kappa shape index (κ2) is 5.10. The zero-order chi connectivity index (χ0) is 10.7. The van der Waals surface area contributed by atoms with Crippen LogP contribution in [0, 0.1) is 0 Å². The lowest BCUT2D eigenvalue weighted by Gasteiger charge is -2.35. The number of hydrogen-bond donors (Lipinski definition) is 1. The Bertz CT molecular complexity index is 240. The Morgan fingerprint density at radius 2 is 2.40 bits per heavy atom. The van der Waals surface area contributed by atoms with Gasteiger partial charge in [-0.25, -0.2) is 0 Å². The van der Waals surface area contributed by atoms with Crippen molar-refractivity contribution in [2.75, 3.05) is 26.7 Å². The van der Waals surface area contributed by atoms with E-state index in [1.165, 1.54) is 31.3 Å². The van der Waals surface area contributed by atoms with Crippen molar-refractivity contribution >= 4 is 0 Å². The first kappa shape index (κ1) is 11.1. The third-order valence-corrected chi connectivity index (χ3v) is 3.45. The maximum absolute atomic E-state index is 6.27. The molecule has 2 aliphatic rings. The summed E-state index contributed by atoms with van der Waals surface area (Å²) in [6.45, 7) is 2.82. The Hall–Kier alpha value is -0.380. The minimum atomic E-state index is 0.119. The highest BCUT2D eigenvalue weighted by Crippen LogP contribution is 2.22. The molecule has 1 aliphatic heterocycles. The fourth-order valence-electron chi connectivity index (χ4n) is 2.43. The number of rotatable bonds is 2. The lowest BCUT2D eigenvalue weighted by atomic mass is 9.91. The highest BCUT2D eigenvalue weighted by Gasteiger charge is 2.26. The van der Waals surface area contributed by atoms with Gasteiger partial charge >= 0.3 is 0 Å². The quantitative estimate of drug-likeness (QED) is 0.695. The van der Waals surface area contributed by atoms with E-state index in [-0.39, 0.29) is 12.1 Å². The molecular weight excluding hydrogens is 188 g/mol. The van der Waals surface area contributed by atoms with Crippen molar-refractivity contribution in [2.45, 2.75) is 37.8 Å². The predicted molar refractivity (Wildman–Crippen MR) is 61.8 cm³/mol. The van der Waals surface area contributed by atoms with Crippen LogP contribution >= 0.6 is 0 Å². The van der Waals surface area contributed by atoms with Crippen molar-refractivity contribution in [1.82, 2.24) is 4.90 Å². The summed E-state index contributed by atoms with van der Waals surface area (Å²) < 4.78 is 5.76. The summed E-state index contributed by atoms with van der Waals surface area (Å²) in [5.74, 6) is 0. The summed E-state index contributed by atoms with van der Waals surface area (Å²) in [7, 11) is 2.14. The van der Waals surface area contributed by atoms with Crippen molar-refractivity contribution in [2.24, 2.45) is 5.73 Å². The molecule has 2 unspecified atom stereocenters. The number of morpholine rings is 1. The molecule has 2 N–H and O–H groups in total. The molecule has 0 amide bonds. The molecule has 86 valence electrons. The van der Waals surface area contributed by atoms with Crippen LogP contribution in [0.2, 0.25) is 0 Å². The first-order chi connectivity index (χ1) is 7.27. The molecule has 0 aromatic rings. The van der Waals surface area contributed by atoms with Gasteiger partial charge in [-0.15, -0.1) is 0 Å². The summed E-state index contributed by atoms with van der Waals surface area (Å²) in [5, 5.41) is 0. The standard InChI is InChI=1S/C12H22N2O/c1-14-7-8-15-11(9-14)12(13)10-5-3-2-4-6-10/h5,11-12H,2-4,6-9,13H2,1H3. The van der Waals surface area contributed by atoms with Gasteiger partial charge in [-0.2, -0.15) is 0 Å². The van der Waals surface area contributed by atoms with Gasteiger partial charge in [0.25, 0.3) is 0 Å². The number of allylic oxidation sites excluding steroid dienone is 1. The van der Waals surface area contributed by atoms with Gasteiger partial charge in [0.2, 0.25) is 0 Å². The predicted octanol–water partition coefficient (Wildman–Crippen LogP) is 1.14. The van der Waals surface area contributed by atoms with Gasteiger partial charge in [-0.1, -0.05) is 11.6 Å². The van der Waals surface area contributed by atoms with Crippen molar-refractivity contribution in [3.05, 3.63) is 11.6 Å². The van der Waals surface area contributed by atoms with Crippen LogP contribution < -0.4 is 5.73 Å². The fraction of sp³-hybridized carbons (Fsp3) is 0.833. The molecular formula is C12H22N2O. The van der Waals surface area contributed by atoms with Crippen LogP contribution in [-0.2, 0) is 4.74 Å². The second-order valence-corrected chi connectivity index (χ2v) is 4.72. The summed E-state index contributed by atoms with van der Waals surface area (Å²) in [5.41, 5.74) is 7.68. The summed E-state index contributed by atoms with van der Waals surface area (Å²) >= 11 is 0. The van der Waals surface area contributed by atoms with Gasteiger partial charge in [-0.3, -0.25) is 0 Å². The maximum Gasteiger partial charge on any atom is 0.0891 e. The fourth-order valence-corrected chi connectivity index (χ4v) is 2.43. The van der Waals surface area contributed by atoms with Crippen molar-refractivity contribution in [1.29, 1.82) is 0 Å². The molecule has 3 heteroatoms. The molecule has 15 heavy (non-hydrogen) atoms. The van der Waals surface area contributed by atoms with E-state index in [0.29, 0.717) is 0 Å². The van der Waals surface area contributed by atoms with Crippen molar-refractivity contribution < 1.29 is 4.74 Å². The minimum Gasteiger partial charge on any atom is -0.374 e. The Kier molecular flexibility index (Phi) is 3.78. The second-order valence-electron chi connectivity index (χ2n) is 4.72. The normalized spacial score (nSPS) is 31.1. The van der Waals surface area contributed by atoms with Crippen LogP contribution in [0.1, 0.15) is 25.7 Å². The Morgan fingerprint density at radius 3 is 3.07 bits per heavy atom. The largest absolute Gasteiger partial charge is 0.374 e. The highest BCUT2D eigenvalue weighted by atomic mass is 16.5. The number of nitrogens with zero attached hydrogens (tertiary/aromatic N) is 1. The topological polar surface area (TPSA) is 38.5 Å². The molecule has 3 nitrogen and oxygen atoms in total. The van der Waals surface area contributed by atoms with E-state index >= 15 is 0 Å².